The van der Waals surface area contributed by atoms with E-state index in [1.165, 1.54) is 31.5 Å². The molecule has 25 heavy (non-hydrogen) atoms. The third-order valence-corrected chi connectivity index (χ3v) is 5.44. The van der Waals surface area contributed by atoms with Crippen LogP contribution in [0.3, 0.4) is 0 Å². The van der Waals surface area contributed by atoms with E-state index in [1.807, 2.05) is 26.1 Å². The Balaban J connectivity index is 1.69. The van der Waals surface area contributed by atoms with E-state index < -0.39 is 0 Å². The van der Waals surface area contributed by atoms with Crippen LogP contribution in [0.1, 0.15) is 42.5 Å². The molecule has 3 heterocycles. The van der Waals surface area contributed by atoms with Gasteiger partial charge in [-0.2, -0.15) is 0 Å². The van der Waals surface area contributed by atoms with Crippen molar-refractivity contribution in [1.82, 2.24) is 19.9 Å². The number of aryl methyl sites for hydroxylation is 2. The molecule has 1 saturated heterocycles. The number of nitrogens with zero attached hydrogens (tertiary/aromatic N) is 4. The normalized spacial score (nSPS) is 16.6. The molecule has 2 aromatic rings. The molecule has 136 valence electrons. The van der Waals surface area contributed by atoms with Crippen molar-refractivity contribution in [3.8, 4) is 0 Å². The van der Waals surface area contributed by atoms with Crippen molar-refractivity contribution in [2.24, 2.45) is 0 Å². The van der Waals surface area contributed by atoms with Gasteiger partial charge in [0.05, 0.1) is 5.69 Å². The Kier molecular flexibility index (Phi) is 6.21. The number of hydrogen-bond acceptors (Lipinski definition) is 5. The van der Waals surface area contributed by atoms with Crippen LogP contribution in [-0.4, -0.2) is 52.2 Å². The van der Waals surface area contributed by atoms with Gasteiger partial charge in [-0.1, -0.05) is 18.1 Å². The van der Waals surface area contributed by atoms with Gasteiger partial charge in [0.1, 0.15) is 5.76 Å². The molecule has 1 aliphatic heterocycles. The van der Waals surface area contributed by atoms with Gasteiger partial charge >= 0.3 is 0 Å². The van der Waals surface area contributed by atoms with Crippen molar-refractivity contribution in [2.45, 2.75) is 52.6 Å². The van der Waals surface area contributed by atoms with Gasteiger partial charge in [-0.05, 0) is 58.5 Å². The average molecular weight is 342 g/mol. The molecule has 0 radical (unpaired) electrons. The second-order valence-electron chi connectivity index (χ2n) is 7.01. The summed E-state index contributed by atoms with van der Waals surface area (Å²) in [6.45, 7) is 11.8. The highest BCUT2D eigenvalue weighted by atomic mass is 16.5. The van der Waals surface area contributed by atoms with Gasteiger partial charge in [0.15, 0.2) is 0 Å². The lowest BCUT2D eigenvalue weighted by molar-refractivity contribution is 0.105. The Morgan fingerprint density at radius 3 is 2.64 bits per heavy atom. The number of hydrogen-bond donors (Lipinski definition) is 0. The highest BCUT2D eigenvalue weighted by molar-refractivity contribution is 5.20. The molecule has 1 fully saturated rings. The first-order chi connectivity index (χ1) is 12.2. The largest absolute Gasteiger partial charge is 0.361 e. The van der Waals surface area contributed by atoms with Crippen LogP contribution in [-0.2, 0) is 13.0 Å². The van der Waals surface area contributed by atoms with Gasteiger partial charge in [0.25, 0.3) is 0 Å². The summed E-state index contributed by atoms with van der Waals surface area (Å²) >= 11 is 0. The first-order valence-corrected chi connectivity index (χ1v) is 9.45. The summed E-state index contributed by atoms with van der Waals surface area (Å²) in [5.41, 5.74) is 3.43. The van der Waals surface area contributed by atoms with Crippen molar-refractivity contribution in [1.29, 1.82) is 0 Å². The Labute approximate surface area is 151 Å². The van der Waals surface area contributed by atoms with Crippen LogP contribution in [0.25, 0.3) is 0 Å². The van der Waals surface area contributed by atoms with Gasteiger partial charge in [-0.25, -0.2) is 0 Å². The highest BCUT2D eigenvalue weighted by Gasteiger charge is 2.25. The first-order valence-electron chi connectivity index (χ1n) is 9.45. The Hall–Kier alpha value is -1.72. The number of aromatic nitrogens is 2. The van der Waals surface area contributed by atoms with E-state index in [0.29, 0.717) is 6.04 Å². The molecule has 0 spiro atoms. The van der Waals surface area contributed by atoms with E-state index in [4.69, 9.17) is 4.52 Å². The smallest absolute Gasteiger partial charge is 0.138 e. The van der Waals surface area contributed by atoms with Crippen LogP contribution in [0, 0.1) is 13.8 Å². The summed E-state index contributed by atoms with van der Waals surface area (Å²) in [5, 5.41) is 4.14. The van der Waals surface area contributed by atoms with E-state index >= 15 is 0 Å². The fourth-order valence-electron chi connectivity index (χ4n) is 3.73. The molecule has 5 nitrogen and oxygen atoms in total. The van der Waals surface area contributed by atoms with Gasteiger partial charge in [-0.15, -0.1) is 0 Å². The quantitative estimate of drug-likeness (QED) is 0.773. The molecular formula is C20H30N4O. The molecule has 0 bridgehead atoms. The van der Waals surface area contributed by atoms with E-state index in [2.05, 4.69) is 39.0 Å². The summed E-state index contributed by atoms with van der Waals surface area (Å²) in [4.78, 5) is 9.65. The van der Waals surface area contributed by atoms with E-state index in [1.54, 1.807) is 0 Å². The van der Waals surface area contributed by atoms with Gasteiger partial charge in [-0.3, -0.25) is 9.88 Å². The molecule has 5 heteroatoms. The maximum atomic E-state index is 5.38. The lowest BCUT2D eigenvalue weighted by Crippen LogP contribution is -2.45. The molecule has 1 aliphatic rings. The number of pyridine rings is 1. The third kappa shape index (κ3) is 4.67. The molecule has 0 atom stereocenters. The standard InChI is InChI=1S/C20H30N4O/c1-4-23-12-9-19(10-13-23)24(14-8-18-7-5-6-11-21-18)15-20-16(2)22-25-17(20)3/h5-7,11,19H,4,8-10,12-15H2,1-3H3. The van der Waals surface area contributed by atoms with Crippen molar-refractivity contribution in [2.75, 3.05) is 26.2 Å². The monoisotopic (exact) mass is 342 g/mol. The fourth-order valence-corrected chi connectivity index (χ4v) is 3.73. The predicted molar refractivity (Wildman–Crippen MR) is 99.5 cm³/mol. The van der Waals surface area contributed by atoms with Gasteiger partial charge in [0, 0.05) is 43.0 Å². The van der Waals surface area contributed by atoms with Crippen LogP contribution in [0.2, 0.25) is 0 Å². The maximum Gasteiger partial charge on any atom is 0.138 e. The van der Waals surface area contributed by atoms with Gasteiger partial charge < -0.3 is 9.42 Å². The SMILES string of the molecule is CCN1CCC(N(CCc2ccccn2)Cc2c(C)noc2C)CC1. The molecular weight excluding hydrogens is 312 g/mol. The van der Waals surface area contributed by atoms with Crippen molar-refractivity contribution in [3.05, 3.63) is 47.1 Å². The Morgan fingerprint density at radius 2 is 2.04 bits per heavy atom. The van der Waals surface area contributed by atoms with Crippen LogP contribution < -0.4 is 0 Å². The predicted octanol–water partition coefficient (Wildman–Crippen LogP) is 3.22. The summed E-state index contributed by atoms with van der Waals surface area (Å²) in [5.74, 6) is 0.950. The zero-order chi connectivity index (χ0) is 17.6. The lowest BCUT2D eigenvalue weighted by Gasteiger charge is -2.38. The van der Waals surface area contributed by atoms with Crippen molar-refractivity contribution in [3.63, 3.8) is 0 Å². The molecule has 0 aromatic carbocycles. The molecule has 0 unspecified atom stereocenters. The molecule has 0 amide bonds. The summed E-state index contributed by atoms with van der Waals surface area (Å²) in [7, 11) is 0. The summed E-state index contributed by atoms with van der Waals surface area (Å²) in [6, 6.07) is 6.79. The first kappa shape index (κ1) is 18.1. The Bertz CT molecular complexity index is 627. The minimum absolute atomic E-state index is 0.625. The third-order valence-electron chi connectivity index (χ3n) is 5.44. The number of rotatable bonds is 7. The molecule has 0 saturated carbocycles. The average Bonchev–Trinajstić information content (AvgIpc) is 2.97. The van der Waals surface area contributed by atoms with Crippen LogP contribution >= 0.6 is 0 Å². The van der Waals surface area contributed by atoms with Crippen molar-refractivity contribution >= 4 is 0 Å². The van der Waals surface area contributed by atoms with Crippen LogP contribution in [0.4, 0.5) is 0 Å². The van der Waals surface area contributed by atoms with Crippen LogP contribution in [0.15, 0.2) is 28.9 Å². The van der Waals surface area contributed by atoms with E-state index in [9.17, 15) is 0 Å². The van der Waals surface area contributed by atoms with Crippen LogP contribution in [0.5, 0.6) is 0 Å². The number of piperidine rings is 1. The zero-order valence-corrected chi connectivity index (χ0v) is 15.7. The number of likely N-dealkylation sites (tertiary alicyclic amines) is 1. The minimum atomic E-state index is 0.625. The topological polar surface area (TPSA) is 45.4 Å². The van der Waals surface area contributed by atoms with E-state index in [-0.39, 0.29) is 0 Å². The molecule has 0 N–H and O–H groups in total. The Morgan fingerprint density at radius 1 is 1.24 bits per heavy atom. The minimum Gasteiger partial charge on any atom is -0.361 e. The summed E-state index contributed by atoms with van der Waals surface area (Å²) < 4.78 is 5.38. The van der Waals surface area contributed by atoms with Gasteiger partial charge in [0.2, 0.25) is 0 Å². The second-order valence-corrected chi connectivity index (χ2v) is 7.01. The van der Waals surface area contributed by atoms with E-state index in [0.717, 1.165) is 43.2 Å². The molecule has 0 aliphatic carbocycles. The lowest BCUT2D eigenvalue weighted by atomic mass is 10.0. The second kappa shape index (κ2) is 8.59. The zero-order valence-electron chi connectivity index (χ0n) is 15.7. The maximum absolute atomic E-state index is 5.38. The van der Waals surface area contributed by atoms with Crippen molar-refractivity contribution < 1.29 is 4.52 Å². The molecule has 2 aromatic heterocycles. The highest BCUT2D eigenvalue weighted by Crippen LogP contribution is 2.22. The molecule has 3 rings (SSSR count). The fraction of sp³-hybridized carbons (Fsp3) is 0.600. The summed E-state index contributed by atoms with van der Waals surface area (Å²) in [6.07, 6.45) is 5.34.